The first-order chi connectivity index (χ1) is 9.63. The van der Waals surface area contributed by atoms with Gasteiger partial charge in [0.05, 0.1) is 13.4 Å². The number of nitrogen functional groups attached to an aromatic ring is 1. The molecule has 0 fully saturated rings. The summed E-state index contributed by atoms with van der Waals surface area (Å²) in [5.41, 5.74) is 6.46. The highest BCUT2D eigenvalue weighted by Crippen LogP contribution is 2.40. The van der Waals surface area contributed by atoms with Gasteiger partial charge in [0.25, 0.3) is 0 Å². The zero-order chi connectivity index (χ0) is 14.5. The largest absolute Gasteiger partial charge is 0.468 e. The number of esters is 1. The van der Waals surface area contributed by atoms with Gasteiger partial charge in [0.2, 0.25) is 0 Å². The van der Waals surface area contributed by atoms with E-state index in [1.165, 1.54) is 25.1 Å². The molecule has 2 rings (SSSR count). The van der Waals surface area contributed by atoms with Crippen LogP contribution in [0, 0.1) is 0 Å². The quantitative estimate of drug-likeness (QED) is 0.499. The number of hydrogen-bond donors (Lipinski definition) is 2. The van der Waals surface area contributed by atoms with Crippen molar-refractivity contribution in [3.63, 3.8) is 0 Å². The van der Waals surface area contributed by atoms with E-state index >= 15 is 0 Å². The van der Waals surface area contributed by atoms with Gasteiger partial charge in [-0.2, -0.15) is 0 Å². The van der Waals surface area contributed by atoms with Gasteiger partial charge in [-0.25, -0.2) is 4.79 Å². The molecule has 0 aliphatic rings. The molecule has 2 atom stereocenters. The number of carbonyl (C=O) groups is 1. The maximum absolute atomic E-state index is 11.6. The number of nitrogens with two attached hydrogens (primary N) is 1. The van der Waals surface area contributed by atoms with Crippen molar-refractivity contribution in [3.8, 4) is 0 Å². The Kier molecular flexibility index (Phi) is 4.70. The third-order valence-electron chi connectivity index (χ3n) is 2.73. The predicted octanol–water partition coefficient (Wildman–Crippen LogP) is 2.23. The van der Waals surface area contributed by atoms with E-state index in [2.05, 4.69) is 4.74 Å². The molecule has 0 saturated carbocycles. The molecule has 106 valence electrons. The van der Waals surface area contributed by atoms with Crippen molar-refractivity contribution in [1.29, 1.82) is 0 Å². The van der Waals surface area contributed by atoms with Crippen molar-refractivity contribution >= 4 is 23.4 Å². The highest BCUT2D eigenvalue weighted by atomic mass is 32.2. The second kappa shape index (κ2) is 6.49. The summed E-state index contributed by atoms with van der Waals surface area (Å²) in [6.07, 6.45) is 0.150. The molecule has 0 unspecified atom stereocenters. The van der Waals surface area contributed by atoms with Crippen molar-refractivity contribution in [2.75, 3.05) is 12.8 Å². The fraction of sp³-hybridized carbons (Fsp3) is 0.214. The number of aliphatic hydroxyl groups is 1. The third kappa shape index (κ3) is 3.15. The predicted molar refractivity (Wildman–Crippen MR) is 76.2 cm³/mol. The first kappa shape index (κ1) is 14.5. The van der Waals surface area contributed by atoms with Crippen LogP contribution in [-0.2, 0) is 9.53 Å². The summed E-state index contributed by atoms with van der Waals surface area (Å²) in [4.78, 5) is 12.3. The highest BCUT2D eigenvalue weighted by Gasteiger charge is 2.31. The summed E-state index contributed by atoms with van der Waals surface area (Å²) in [5.74, 6) is -0.232. The Hall–Kier alpha value is -1.92. The maximum atomic E-state index is 11.6. The van der Waals surface area contributed by atoms with E-state index in [9.17, 15) is 9.90 Å². The molecule has 1 heterocycles. The van der Waals surface area contributed by atoms with Gasteiger partial charge < -0.3 is 20.0 Å². The molecule has 1 aromatic carbocycles. The number of thioether (sulfide) groups is 1. The molecular weight excluding hydrogens is 278 g/mol. The minimum Gasteiger partial charge on any atom is -0.468 e. The van der Waals surface area contributed by atoms with Gasteiger partial charge in [0.1, 0.15) is 11.0 Å². The molecule has 1 aromatic heterocycles. The summed E-state index contributed by atoms with van der Waals surface area (Å²) in [6, 6.07) is 10.6. The molecule has 0 spiro atoms. The standard InChI is InChI=1S/C14H15NO4S/c1-18-14(17)12(16)13(10-6-4-8-19-10)20-11-7-3-2-5-9(11)15/h2-8,12-13,16H,15H2,1H3/t12-,13+/m0/s1. The van der Waals surface area contributed by atoms with Crippen molar-refractivity contribution < 1.29 is 19.1 Å². The Morgan fingerprint density at radius 1 is 1.35 bits per heavy atom. The van der Waals surface area contributed by atoms with Crippen molar-refractivity contribution in [2.24, 2.45) is 0 Å². The summed E-state index contributed by atoms with van der Waals surface area (Å²) in [6.45, 7) is 0. The minimum atomic E-state index is -1.34. The van der Waals surface area contributed by atoms with Crippen LogP contribution in [0.3, 0.4) is 0 Å². The van der Waals surface area contributed by atoms with E-state index in [4.69, 9.17) is 10.2 Å². The summed E-state index contributed by atoms with van der Waals surface area (Å²) >= 11 is 1.26. The number of carbonyl (C=O) groups excluding carboxylic acids is 1. The number of rotatable bonds is 5. The van der Waals surface area contributed by atoms with Crippen LogP contribution in [0.4, 0.5) is 5.69 Å². The molecule has 0 radical (unpaired) electrons. The van der Waals surface area contributed by atoms with E-state index in [-0.39, 0.29) is 0 Å². The molecule has 0 aliphatic heterocycles. The number of hydrogen-bond acceptors (Lipinski definition) is 6. The molecule has 5 nitrogen and oxygen atoms in total. The molecule has 20 heavy (non-hydrogen) atoms. The lowest BCUT2D eigenvalue weighted by Crippen LogP contribution is -2.27. The van der Waals surface area contributed by atoms with Gasteiger partial charge in [0, 0.05) is 10.6 Å². The van der Waals surface area contributed by atoms with Crippen LogP contribution in [-0.4, -0.2) is 24.3 Å². The SMILES string of the molecule is COC(=O)[C@@H](O)[C@H](Sc1ccccc1N)c1ccco1. The van der Waals surface area contributed by atoms with E-state index < -0.39 is 17.3 Å². The van der Waals surface area contributed by atoms with E-state index in [0.29, 0.717) is 11.4 Å². The monoisotopic (exact) mass is 293 g/mol. The van der Waals surface area contributed by atoms with Gasteiger partial charge >= 0.3 is 5.97 Å². The zero-order valence-electron chi connectivity index (χ0n) is 10.9. The minimum absolute atomic E-state index is 0.483. The van der Waals surface area contributed by atoms with Crippen molar-refractivity contribution in [1.82, 2.24) is 0 Å². The number of furan rings is 1. The smallest absolute Gasteiger partial charge is 0.336 e. The Bertz CT molecular complexity index is 570. The van der Waals surface area contributed by atoms with Crippen LogP contribution in [0.25, 0.3) is 0 Å². The Morgan fingerprint density at radius 3 is 2.70 bits per heavy atom. The number of ether oxygens (including phenoxy) is 1. The summed E-state index contributed by atoms with van der Waals surface area (Å²) < 4.78 is 9.88. The van der Waals surface area contributed by atoms with Crippen LogP contribution < -0.4 is 5.73 Å². The van der Waals surface area contributed by atoms with Gasteiger partial charge in [-0.1, -0.05) is 12.1 Å². The van der Waals surface area contributed by atoms with Crippen LogP contribution in [0.5, 0.6) is 0 Å². The first-order valence-corrected chi connectivity index (χ1v) is 6.82. The number of benzene rings is 1. The topological polar surface area (TPSA) is 85.7 Å². The lowest BCUT2D eigenvalue weighted by Gasteiger charge is -2.19. The number of para-hydroxylation sites is 1. The number of anilines is 1. The lowest BCUT2D eigenvalue weighted by atomic mass is 10.2. The molecule has 0 saturated heterocycles. The average Bonchev–Trinajstić information content (AvgIpc) is 2.99. The van der Waals surface area contributed by atoms with Crippen LogP contribution >= 0.6 is 11.8 Å². The normalized spacial score (nSPS) is 13.7. The number of aliphatic hydroxyl groups excluding tert-OH is 1. The molecule has 0 bridgehead atoms. The second-order valence-corrected chi connectivity index (χ2v) is 5.24. The Balaban J connectivity index is 2.28. The molecule has 2 aromatic rings. The summed E-state index contributed by atoms with van der Waals surface area (Å²) in [5, 5.41) is 9.48. The average molecular weight is 293 g/mol. The highest BCUT2D eigenvalue weighted by molar-refractivity contribution is 7.99. The van der Waals surface area contributed by atoms with E-state index in [0.717, 1.165) is 4.90 Å². The van der Waals surface area contributed by atoms with E-state index in [1.807, 2.05) is 18.2 Å². The Morgan fingerprint density at radius 2 is 2.10 bits per heavy atom. The van der Waals surface area contributed by atoms with Crippen molar-refractivity contribution in [3.05, 3.63) is 48.4 Å². The Labute approximate surface area is 120 Å². The third-order valence-corrected chi connectivity index (χ3v) is 4.10. The lowest BCUT2D eigenvalue weighted by molar-refractivity contribution is -0.150. The van der Waals surface area contributed by atoms with Gasteiger partial charge in [-0.05, 0) is 24.3 Å². The fourth-order valence-electron chi connectivity index (χ4n) is 1.70. The van der Waals surface area contributed by atoms with Gasteiger partial charge in [0.15, 0.2) is 6.10 Å². The van der Waals surface area contributed by atoms with Crippen LogP contribution in [0.2, 0.25) is 0 Å². The number of methoxy groups -OCH3 is 1. The maximum Gasteiger partial charge on any atom is 0.336 e. The fourth-order valence-corrected chi connectivity index (χ4v) is 2.83. The van der Waals surface area contributed by atoms with Crippen molar-refractivity contribution in [2.45, 2.75) is 16.2 Å². The second-order valence-electron chi connectivity index (χ2n) is 4.06. The molecule has 0 aliphatic carbocycles. The first-order valence-electron chi connectivity index (χ1n) is 5.94. The van der Waals surface area contributed by atoms with Crippen LogP contribution in [0.15, 0.2) is 52.0 Å². The van der Waals surface area contributed by atoms with Gasteiger partial charge in [-0.3, -0.25) is 0 Å². The molecule has 0 amide bonds. The van der Waals surface area contributed by atoms with Gasteiger partial charge in [-0.15, -0.1) is 11.8 Å². The summed E-state index contributed by atoms with van der Waals surface area (Å²) in [7, 11) is 1.23. The van der Waals surface area contributed by atoms with Crippen LogP contribution in [0.1, 0.15) is 11.0 Å². The molecule has 6 heteroatoms. The van der Waals surface area contributed by atoms with E-state index in [1.54, 1.807) is 18.2 Å². The molecule has 3 N–H and O–H groups in total. The molecular formula is C14H15NO4S. The zero-order valence-corrected chi connectivity index (χ0v) is 11.7.